The Bertz CT molecular complexity index is 1220. The van der Waals surface area contributed by atoms with Crippen LogP contribution in [0, 0.1) is 13.8 Å². The van der Waals surface area contributed by atoms with Crippen molar-refractivity contribution in [3.63, 3.8) is 0 Å². The van der Waals surface area contributed by atoms with Gasteiger partial charge in [0.05, 0.1) is 19.6 Å². The van der Waals surface area contributed by atoms with Crippen molar-refractivity contribution in [1.82, 2.24) is 24.9 Å². The van der Waals surface area contributed by atoms with Crippen molar-refractivity contribution in [3.05, 3.63) is 82.7 Å². The summed E-state index contributed by atoms with van der Waals surface area (Å²) < 4.78 is 6.83. The summed E-state index contributed by atoms with van der Waals surface area (Å²) >= 11 is 0. The van der Waals surface area contributed by atoms with Crippen LogP contribution < -0.4 is 15.8 Å². The van der Waals surface area contributed by atoms with Gasteiger partial charge < -0.3 is 15.8 Å². The molecule has 0 saturated heterocycles. The number of anilines is 1. The summed E-state index contributed by atoms with van der Waals surface area (Å²) in [6.07, 6.45) is 0.167. The zero-order valence-corrected chi connectivity index (χ0v) is 17.7. The number of fused-ring (bicyclic) bond motifs is 1. The maximum atomic E-state index is 13.1. The Morgan fingerprint density at radius 2 is 1.74 bits per heavy atom. The van der Waals surface area contributed by atoms with Gasteiger partial charge in [0.15, 0.2) is 0 Å². The van der Waals surface area contributed by atoms with Crippen LogP contribution >= 0.6 is 0 Å². The van der Waals surface area contributed by atoms with E-state index in [1.54, 1.807) is 11.6 Å². The van der Waals surface area contributed by atoms with Crippen LogP contribution in [0.1, 0.15) is 34.1 Å². The first-order valence-corrected chi connectivity index (χ1v) is 9.93. The first-order chi connectivity index (χ1) is 15.0. The van der Waals surface area contributed by atoms with Crippen LogP contribution in [0.3, 0.4) is 0 Å². The van der Waals surface area contributed by atoms with Gasteiger partial charge in [0.2, 0.25) is 11.9 Å². The quantitative estimate of drug-likeness (QED) is 0.500. The number of ether oxygens (including phenoxy) is 1. The van der Waals surface area contributed by atoms with Crippen molar-refractivity contribution in [2.75, 3.05) is 12.8 Å². The van der Waals surface area contributed by atoms with Crippen LogP contribution in [-0.2, 0) is 11.2 Å². The Labute approximate surface area is 180 Å². The number of carbonyl (C=O) groups excluding carboxylic acids is 1. The maximum absolute atomic E-state index is 13.1. The average molecular weight is 416 g/mol. The third-order valence-corrected chi connectivity index (χ3v) is 5.29. The van der Waals surface area contributed by atoms with Crippen molar-refractivity contribution in [2.45, 2.75) is 26.3 Å². The second-order valence-electron chi connectivity index (χ2n) is 7.30. The number of aryl methyl sites for hydroxylation is 2. The average Bonchev–Trinajstić information content (AvgIpc) is 3.16. The van der Waals surface area contributed by atoms with Crippen LogP contribution in [-0.4, -0.2) is 32.6 Å². The summed E-state index contributed by atoms with van der Waals surface area (Å²) in [7, 11) is 1.63. The summed E-state index contributed by atoms with van der Waals surface area (Å²) in [5, 5.41) is 7.34. The molecule has 0 aliphatic heterocycles. The monoisotopic (exact) mass is 416 g/mol. The van der Waals surface area contributed by atoms with Gasteiger partial charge in [0.1, 0.15) is 5.75 Å². The second kappa shape index (κ2) is 8.43. The lowest BCUT2D eigenvalue weighted by atomic mass is 9.98. The zero-order chi connectivity index (χ0) is 22.0. The van der Waals surface area contributed by atoms with E-state index in [-0.39, 0.29) is 24.3 Å². The molecule has 4 rings (SSSR count). The Hall–Kier alpha value is -3.94. The first-order valence-electron chi connectivity index (χ1n) is 9.93. The lowest BCUT2D eigenvalue weighted by Gasteiger charge is -2.21. The molecule has 2 aromatic heterocycles. The van der Waals surface area contributed by atoms with E-state index in [9.17, 15) is 4.79 Å². The lowest BCUT2D eigenvalue weighted by molar-refractivity contribution is -0.121. The van der Waals surface area contributed by atoms with Crippen LogP contribution in [0.15, 0.2) is 54.6 Å². The molecule has 1 atom stereocenters. The number of carbonyl (C=O) groups is 1. The number of benzene rings is 2. The number of nitrogens with zero attached hydrogens (tertiary/aromatic N) is 4. The summed E-state index contributed by atoms with van der Waals surface area (Å²) in [5.74, 6) is 1.22. The van der Waals surface area contributed by atoms with Gasteiger partial charge in [0.25, 0.3) is 5.78 Å². The minimum atomic E-state index is -0.293. The Kier molecular flexibility index (Phi) is 5.53. The zero-order valence-electron chi connectivity index (χ0n) is 17.7. The molecular formula is C23H24N6O2. The molecule has 158 valence electrons. The number of methoxy groups -OCH3 is 1. The molecular weight excluding hydrogens is 392 g/mol. The molecule has 1 unspecified atom stereocenters. The van der Waals surface area contributed by atoms with Gasteiger partial charge in [0, 0.05) is 17.0 Å². The lowest BCUT2D eigenvalue weighted by Crippen LogP contribution is -2.31. The summed E-state index contributed by atoms with van der Waals surface area (Å²) in [4.78, 5) is 21.6. The Morgan fingerprint density at radius 3 is 2.42 bits per heavy atom. The molecule has 0 aliphatic rings. The fourth-order valence-electron chi connectivity index (χ4n) is 3.65. The molecule has 0 radical (unpaired) electrons. The molecule has 0 saturated carbocycles. The van der Waals surface area contributed by atoms with E-state index >= 15 is 0 Å². The van der Waals surface area contributed by atoms with Gasteiger partial charge >= 0.3 is 0 Å². The summed E-state index contributed by atoms with van der Waals surface area (Å²) in [6, 6.07) is 17.3. The number of nitrogens with two attached hydrogens (primary N) is 1. The number of hydrogen-bond acceptors (Lipinski definition) is 6. The van der Waals surface area contributed by atoms with E-state index in [0.29, 0.717) is 5.78 Å². The highest BCUT2D eigenvalue weighted by atomic mass is 16.5. The van der Waals surface area contributed by atoms with Crippen LogP contribution in [0.25, 0.3) is 5.78 Å². The highest BCUT2D eigenvalue weighted by Gasteiger charge is 2.20. The molecule has 0 bridgehead atoms. The minimum Gasteiger partial charge on any atom is -0.497 e. The number of nitrogens with one attached hydrogen (secondary N) is 1. The van der Waals surface area contributed by atoms with E-state index < -0.39 is 0 Å². The van der Waals surface area contributed by atoms with Gasteiger partial charge in [-0.15, -0.1) is 5.10 Å². The van der Waals surface area contributed by atoms with Gasteiger partial charge in [-0.3, -0.25) is 4.79 Å². The maximum Gasteiger partial charge on any atom is 0.254 e. The van der Waals surface area contributed by atoms with Crippen LogP contribution in [0.2, 0.25) is 0 Å². The molecule has 0 fully saturated rings. The van der Waals surface area contributed by atoms with E-state index in [2.05, 4.69) is 20.4 Å². The smallest absolute Gasteiger partial charge is 0.254 e. The standard InChI is InChI=1S/C23H24N6O2/c1-14-19(15(2)29-23(25-14)27-22(24)28-29)13-20(30)26-21(16-7-5-4-6-8-16)17-9-11-18(31-3)12-10-17/h4-12,21H,13H2,1-3H3,(H2,24,28)(H,26,30). The Balaban J connectivity index is 1.63. The molecule has 4 aromatic rings. The van der Waals surface area contributed by atoms with E-state index in [1.165, 1.54) is 0 Å². The van der Waals surface area contributed by atoms with Crippen molar-refractivity contribution in [1.29, 1.82) is 0 Å². The normalized spacial score (nSPS) is 12.0. The van der Waals surface area contributed by atoms with Gasteiger partial charge in [-0.2, -0.15) is 9.50 Å². The summed E-state index contributed by atoms with van der Waals surface area (Å²) in [6.45, 7) is 3.75. The molecule has 2 heterocycles. The van der Waals surface area contributed by atoms with Crippen molar-refractivity contribution < 1.29 is 9.53 Å². The molecule has 1 amide bonds. The number of hydrogen-bond donors (Lipinski definition) is 2. The third kappa shape index (κ3) is 4.18. The van der Waals surface area contributed by atoms with E-state index in [0.717, 1.165) is 33.8 Å². The number of amides is 1. The highest BCUT2D eigenvalue weighted by molar-refractivity contribution is 5.80. The van der Waals surface area contributed by atoms with Crippen LogP contribution in [0.5, 0.6) is 5.75 Å². The molecule has 3 N–H and O–H groups in total. The topological polar surface area (TPSA) is 107 Å². The van der Waals surface area contributed by atoms with Crippen LogP contribution in [0.4, 0.5) is 5.95 Å². The number of nitrogen functional groups attached to an aromatic ring is 1. The highest BCUT2D eigenvalue weighted by Crippen LogP contribution is 2.25. The van der Waals surface area contributed by atoms with Gasteiger partial charge in [-0.05, 0) is 37.1 Å². The molecule has 8 heteroatoms. The number of aromatic nitrogens is 4. The molecule has 31 heavy (non-hydrogen) atoms. The number of rotatable bonds is 6. The largest absolute Gasteiger partial charge is 0.497 e. The van der Waals surface area contributed by atoms with Gasteiger partial charge in [-0.25, -0.2) is 4.98 Å². The molecule has 0 aliphatic carbocycles. The molecule has 0 spiro atoms. The predicted octanol–water partition coefficient (Wildman–Crippen LogP) is 2.78. The Morgan fingerprint density at radius 1 is 1.06 bits per heavy atom. The van der Waals surface area contributed by atoms with Gasteiger partial charge in [-0.1, -0.05) is 42.5 Å². The second-order valence-corrected chi connectivity index (χ2v) is 7.30. The van der Waals surface area contributed by atoms with E-state index in [4.69, 9.17) is 10.5 Å². The fourth-order valence-corrected chi connectivity index (χ4v) is 3.65. The summed E-state index contributed by atoms with van der Waals surface area (Å²) in [5.41, 5.74) is 9.99. The molecule has 2 aromatic carbocycles. The van der Waals surface area contributed by atoms with Crippen molar-refractivity contribution >= 4 is 17.6 Å². The van der Waals surface area contributed by atoms with E-state index in [1.807, 2.05) is 68.4 Å². The molecule has 8 nitrogen and oxygen atoms in total. The van der Waals surface area contributed by atoms with Crippen molar-refractivity contribution in [2.24, 2.45) is 0 Å². The fraction of sp³-hybridized carbons (Fsp3) is 0.217. The first kappa shape index (κ1) is 20.3. The SMILES string of the molecule is COc1ccc(C(NC(=O)Cc2c(C)nc3nc(N)nn3c2C)c2ccccc2)cc1. The van der Waals surface area contributed by atoms with Crippen molar-refractivity contribution in [3.8, 4) is 5.75 Å². The predicted molar refractivity (Wildman–Crippen MR) is 118 cm³/mol. The third-order valence-electron chi connectivity index (χ3n) is 5.29. The minimum absolute atomic E-state index is 0.120.